The van der Waals surface area contributed by atoms with Gasteiger partial charge in [0.2, 0.25) is 0 Å². The molecule has 0 saturated heterocycles. The molecule has 0 amide bonds. The van der Waals surface area contributed by atoms with E-state index in [-0.39, 0.29) is 5.56 Å². The van der Waals surface area contributed by atoms with Crippen LogP contribution >= 0.6 is 15.9 Å². The molecule has 96 valence electrons. The molecule has 0 aromatic carbocycles. The molecule has 1 atom stereocenters. The fraction of sp³-hybridized carbons (Fsp3) is 0.667. The molecular weight excluding hydrogens is 282 g/mol. The van der Waals surface area contributed by atoms with Crippen LogP contribution in [0.3, 0.4) is 0 Å². The van der Waals surface area contributed by atoms with E-state index >= 15 is 0 Å². The van der Waals surface area contributed by atoms with Gasteiger partial charge in [-0.3, -0.25) is 4.79 Å². The molecule has 0 bridgehead atoms. The Kier molecular flexibility index (Phi) is 5.68. The smallest absolute Gasteiger partial charge is 0.268 e. The first-order chi connectivity index (χ1) is 8.08. The van der Waals surface area contributed by atoms with E-state index < -0.39 is 0 Å². The highest BCUT2D eigenvalue weighted by molar-refractivity contribution is 9.09. The summed E-state index contributed by atoms with van der Waals surface area (Å²) >= 11 is 3.49. The van der Waals surface area contributed by atoms with Gasteiger partial charge < -0.3 is 4.90 Å². The predicted octanol–water partition coefficient (Wildman–Crippen LogP) is 2.12. The van der Waals surface area contributed by atoms with Gasteiger partial charge in [-0.05, 0) is 12.3 Å². The molecule has 0 N–H and O–H groups in total. The van der Waals surface area contributed by atoms with Crippen LogP contribution in [0.25, 0.3) is 0 Å². The molecular formula is C12H20BrN3O. The maximum absolute atomic E-state index is 11.9. The fourth-order valence-corrected chi connectivity index (χ4v) is 2.20. The van der Waals surface area contributed by atoms with E-state index in [9.17, 15) is 4.79 Å². The van der Waals surface area contributed by atoms with Crippen LogP contribution in [0.15, 0.2) is 17.1 Å². The van der Waals surface area contributed by atoms with Crippen molar-refractivity contribution < 1.29 is 0 Å². The Morgan fingerprint density at radius 2 is 2.24 bits per heavy atom. The van der Waals surface area contributed by atoms with Crippen molar-refractivity contribution in [3.8, 4) is 0 Å². The van der Waals surface area contributed by atoms with E-state index in [2.05, 4.69) is 28.0 Å². The Balaban J connectivity index is 2.82. The first kappa shape index (κ1) is 14.2. The zero-order valence-corrected chi connectivity index (χ0v) is 12.3. The Labute approximate surface area is 111 Å². The Bertz CT molecular complexity index is 403. The lowest BCUT2D eigenvalue weighted by molar-refractivity contribution is 0.415. The number of nitrogens with zero attached hydrogens (tertiary/aromatic N) is 3. The summed E-state index contributed by atoms with van der Waals surface area (Å²) in [4.78, 5) is 13.7. The second-order valence-corrected chi connectivity index (χ2v) is 5.09. The van der Waals surface area contributed by atoms with E-state index in [0.29, 0.717) is 12.5 Å². The lowest BCUT2D eigenvalue weighted by Crippen LogP contribution is -2.27. The molecule has 1 aromatic heterocycles. The summed E-state index contributed by atoms with van der Waals surface area (Å²) in [6.07, 6.45) is 3.97. The quantitative estimate of drug-likeness (QED) is 0.756. The van der Waals surface area contributed by atoms with Crippen molar-refractivity contribution in [1.82, 2.24) is 9.78 Å². The average Bonchev–Trinajstić information content (AvgIpc) is 2.30. The van der Waals surface area contributed by atoms with E-state index in [4.69, 9.17) is 0 Å². The average molecular weight is 302 g/mol. The largest absolute Gasteiger partial charge is 0.376 e. The summed E-state index contributed by atoms with van der Waals surface area (Å²) in [5, 5.41) is 5.12. The van der Waals surface area contributed by atoms with Gasteiger partial charge in [-0.1, -0.05) is 29.3 Å². The molecule has 0 aliphatic rings. The van der Waals surface area contributed by atoms with Gasteiger partial charge >= 0.3 is 0 Å². The molecule has 1 heterocycles. The summed E-state index contributed by atoms with van der Waals surface area (Å²) in [5.41, 5.74) is 0.815. The first-order valence-corrected chi connectivity index (χ1v) is 7.01. The number of anilines is 1. The third-order valence-electron chi connectivity index (χ3n) is 2.72. The maximum Gasteiger partial charge on any atom is 0.268 e. The fourth-order valence-electron chi connectivity index (χ4n) is 1.68. The minimum absolute atomic E-state index is 0.0294. The summed E-state index contributed by atoms with van der Waals surface area (Å²) in [7, 11) is 3.80. The van der Waals surface area contributed by atoms with Gasteiger partial charge in [-0.15, -0.1) is 0 Å². The molecule has 1 aromatic rings. The first-order valence-electron chi connectivity index (χ1n) is 5.89. The maximum atomic E-state index is 11.9. The van der Waals surface area contributed by atoms with Gasteiger partial charge in [-0.2, -0.15) is 5.10 Å². The van der Waals surface area contributed by atoms with Crippen molar-refractivity contribution in [2.24, 2.45) is 5.92 Å². The van der Waals surface area contributed by atoms with E-state index in [1.54, 1.807) is 16.9 Å². The molecule has 0 fully saturated rings. The van der Waals surface area contributed by atoms with E-state index in [0.717, 1.165) is 23.9 Å². The van der Waals surface area contributed by atoms with Crippen molar-refractivity contribution in [2.75, 3.05) is 24.3 Å². The molecule has 1 rings (SSSR count). The van der Waals surface area contributed by atoms with Crippen LogP contribution in [-0.2, 0) is 6.54 Å². The second kappa shape index (κ2) is 6.79. The van der Waals surface area contributed by atoms with Crippen LogP contribution in [-0.4, -0.2) is 29.2 Å². The molecule has 0 spiro atoms. The third kappa shape index (κ3) is 4.15. The van der Waals surface area contributed by atoms with Gasteiger partial charge in [0.1, 0.15) is 0 Å². The van der Waals surface area contributed by atoms with Crippen molar-refractivity contribution in [2.45, 2.75) is 26.3 Å². The van der Waals surface area contributed by atoms with Gasteiger partial charge in [0.05, 0.1) is 11.9 Å². The standard InChI is InChI=1S/C12H20BrN3O/c1-4-5-10(7-13)9-16-12(17)6-11(8-14-16)15(2)3/h6,8,10H,4-5,7,9H2,1-3H3. The monoisotopic (exact) mass is 301 g/mol. The third-order valence-corrected chi connectivity index (χ3v) is 3.63. The lowest BCUT2D eigenvalue weighted by Gasteiger charge is -2.15. The SMILES string of the molecule is CCCC(CBr)Cn1ncc(N(C)C)cc1=O. The number of rotatable bonds is 6. The number of halogens is 1. The molecule has 4 nitrogen and oxygen atoms in total. The van der Waals surface area contributed by atoms with Crippen LogP contribution in [0.2, 0.25) is 0 Å². The number of hydrogen-bond acceptors (Lipinski definition) is 3. The number of aromatic nitrogens is 2. The van der Waals surface area contributed by atoms with E-state index in [1.165, 1.54) is 0 Å². The Morgan fingerprint density at radius 1 is 1.53 bits per heavy atom. The normalized spacial score (nSPS) is 12.5. The van der Waals surface area contributed by atoms with Crippen molar-refractivity contribution in [3.63, 3.8) is 0 Å². The van der Waals surface area contributed by atoms with Crippen molar-refractivity contribution in [3.05, 3.63) is 22.6 Å². The summed E-state index contributed by atoms with van der Waals surface area (Å²) in [6, 6.07) is 1.63. The highest BCUT2D eigenvalue weighted by atomic mass is 79.9. The lowest BCUT2D eigenvalue weighted by atomic mass is 10.1. The van der Waals surface area contributed by atoms with Gasteiger partial charge in [-0.25, -0.2) is 4.68 Å². The van der Waals surface area contributed by atoms with Crippen LogP contribution in [0.1, 0.15) is 19.8 Å². The van der Waals surface area contributed by atoms with Crippen molar-refractivity contribution in [1.29, 1.82) is 0 Å². The zero-order valence-electron chi connectivity index (χ0n) is 10.7. The minimum Gasteiger partial charge on any atom is -0.376 e. The summed E-state index contributed by atoms with van der Waals surface area (Å²) < 4.78 is 1.55. The highest BCUT2D eigenvalue weighted by Gasteiger charge is 2.09. The van der Waals surface area contributed by atoms with E-state index in [1.807, 2.05) is 19.0 Å². The Morgan fingerprint density at radius 3 is 2.71 bits per heavy atom. The molecule has 1 unspecified atom stereocenters. The van der Waals surface area contributed by atoms with Crippen LogP contribution in [0.4, 0.5) is 5.69 Å². The van der Waals surface area contributed by atoms with Crippen LogP contribution < -0.4 is 10.5 Å². The Hall–Kier alpha value is -0.840. The molecule has 0 aliphatic heterocycles. The predicted molar refractivity (Wildman–Crippen MR) is 75.0 cm³/mol. The topological polar surface area (TPSA) is 38.1 Å². The second-order valence-electron chi connectivity index (χ2n) is 4.44. The molecule has 0 aliphatic carbocycles. The molecule has 5 heteroatoms. The summed E-state index contributed by atoms with van der Waals surface area (Å²) in [5.74, 6) is 0.468. The van der Waals surface area contributed by atoms with Crippen LogP contribution in [0, 0.1) is 5.92 Å². The van der Waals surface area contributed by atoms with Gasteiger partial charge in [0.15, 0.2) is 0 Å². The number of hydrogen-bond donors (Lipinski definition) is 0. The minimum atomic E-state index is -0.0294. The summed E-state index contributed by atoms with van der Waals surface area (Å²) in [6.45, 7) is 2.84. The zero-order chi connectivity index (χ0) is 12.8. The van der Waals surface area contributed by atoms with Gasteiger partial charge in [0, 0.05) is 32.0 Å². The number of alkyl halides is 1. The van der Waals surface area contributed by atoms with Gasteiger partial charge in [0.25, 0.3) is 5.56 Å². The highest BCUT2D eigenvalue weighted by Crippen LogP contribution is 2.11. The molecule has 0 radical (unpaired) electrons. The van der Waals surface area contributed by atoms with Crippen molar-refractivity contribution >= 4 is 21.6 Å². The molecule has 17 heavy (non-hydrogen) atoms. The van der Waals surface area contributed by atoms with Crippen LogP contribution in [0.5, 0.6) is 0 Å². The molecule has 0 saturated carbocycles.